The van der Waals surface area contributed by atoms with Crippen LogP contribution in [0.3, 0.4) is 0 Å². The summed E-state index contributed by atoms with van der Waals surface area (Å²) in [6.45, 7) is 0.566. The van der Waals surface area contributed by atoms with Gasteiger partial charge < -0.3 is 4.98 Å². The second kappa shape index (κ2) is 7.18. The quantitative estimate of drug-likeness (QED) is 0.491. The van der Waals surface area contributed by atoms with Crippen molar-refractivity contribution in [1.29, 1.82) is 0 Å². The lowest BCUT2D eigenvalue weighted by Crippen LogP contribution is -2.36. The number of anilines is 1. The molecule has 0 aliphatic carbocycles. The van der Waals surface area contributed by atoms with E-state index < -0.39 is 5.92 Å². The number of carbonyl (C=O) groups excluding carboxylic acids is 2. The highest BCUT2D eigenvalue weighted by atomic mass is 16.2. The molecule has 0 unspecified atom stereocenters. The number of likely N-dealkylation sites (tertiary alicyclic amines) is 1. The predicted molar refractivity (Wildman–Crippen MR) is 125 cm³/mol. The van der Waals surface area contributed by atoms with Crippen LogP contribution in [0.1, 0.15) is 11.6 Å². The molecule has 3 aromatic carbocycles. The summed E-state index contributed by atoms with van der Waals surface area (Å²) in [5.74, 6) is -0.948. The molecule has 5 heteroatoms. The van der Waals surface area contributed by atoms with Crippen LogP contribution in [0.4, 0.5) is 5.69 Å². The Labute approximate surface area is 186 Å². The Morgan fingerprint density at radius 1 is 0.812 bits per heavy atom. The predicted octanol–water partition coefficient (Wildman–Crippen LogP) is 4.63. The monoisotopic (exact) mass is 421 g/mol. The normalized spacial score (nSPS) is 23.3. The molecular formula is C27H23N3O2. The first-order chi connectivity index (χ1) is 15.6. The van der Waals surface area contributed by atoms with Crippen LogP contribution in [-0.4, -0.2) is 35.3 Å². The van der Waals surface area contributed by atoms with E-state index in [1.165, 1.54) is 4.90 Å². The van der Waals surface area contributed by atoms with Gasteiger partial charge in [-0.05, 0) is 30.8 Å². The molecule has 2 aliphatic heterocycles. The van der Waals surface area contributed by atoms with Crippen molar-refractivity contribution in [1.82, 2.24) is 9.88 Å². The number of nitrogens with one attached hydrogen (secondary N) is 1. The Kier molecular flexibility index (Phi) is 4.26. The van der Waals surface area contributed by atoms with E-state index in [-0.39, 0.29) is 23.8 Å². The highest BCUT2D eigenvalue weighted by Crippen LogP contribution is 2.50. The molecule has 0 saturated carbocycles. The average molecular weight is 422 g/mol. The molecular weight excluding hydrogens is 398 g/mol. The molecule has 0 spiro atoms. The fraction of sp³-hybridized carbons (Fsp3) is 0.185. The molecule has 1 aromatic heterocycles. The second-order valence-corrected chi connectivity index (χ2v) is 8.69. The van der Waals surface area contributed by atoms with Gasteiger partial charge >= 0.3 is 0 Å². The summed E-state index contributed by atoms with van der Waals surface area (Å²) in [7, 11) is 2.02. The summed E-state index contributed by atoms with van der Waals surface area (Å²) >= 11 is 0. The van der Waals surface area contributed by atoms with E-state index in [9.17, 15) is 9.59 Å². The molecule has 2 saturated heterocycles. The van der Waals surface area contributed by atoms with Crippen molar-refractivity contribution in [3.63, 3.8) is 0 Å². The molecule has 2 fully saturated rings. The molecule has 3 heterocycles. The van der Waals surface area contributed by atoms with Crippen LogP contribution >= 0.6 is 0 Å². The molecule has 5 nitrogen and oxygen atoms in total. The number of rotatable bonds is 3. The maximum atomic E-state index is 13.7. The van der Waals surface area contributed by atoms with Crippen molar-refractivity contribution < 1.29 is 9.59 Å². The lowest BCUT2D eigenvalue weighted by molar-refractivity contribution is -0.123. The molecule has 2 aliphatic rings. The Balaban J connectivity index is 1.52. The number of nitrogens with zero attached hydrogens (tertiary/aromatic N) is 2. The summed E-state index contributed by atoms with van der Waals surface area (Å²) in [4.78, 5) is 34.2. The summed E-state index contributed by atoms with van der Waals surface area (Å²) in [5.41, 5.74) is 4.88. The van der Waals surface area contributed by atoms with Gasteiger partial charge in [0.2, 0.25) is 11.8 Å². The largest absolute Gasteiger partial charge is 0.354 e. The smallest absolute Gasteiger partial charge is 0.239 e. The summed E-state index contributed by atoms with van der Waals surface area (Å²) < 4.78 is 0. The average Bonchev–Trinajstić information content (AvgIpc) is 3.44. The number of para-hydroxylation sites is 2. The van der Waals surface area contributed by atoms with Crippen LogP contribution in [0.25, 0.3) is 22.2 Å². The van der Waals surface area contributed by atoms with Gasteiger partial charge in [-0.2, -0.15) is 0 Å². The number of aromatic amines is 1. The van der Waals surface area contributed by atoms with E-state index in [4.69, 9.17) is 0 Å². The maximum absolute atomic E-state index is 13.7. The van der Waals surface area contributed by atoms with Crippen LogP contribution < -0.4 is 4.90 Å². The van der Waals surface area contributed by atoms with E-state index in [1.54, 1.807) is 0 Å². The molecule has 158 valence electrons. The van der Waals surface area contributed by atoms with Crippen molar-refractivity contribution in [3.05, 3.63) is 90.5 Å². The third kappa shape index (κ3) is 2.68. The van der Waals surface area contributed by atoms with Gasteiger partial charge in [0.25, 0.3) is 0 Å². The zero-order valence-corrected chi connectivity index (χ0v) is 17.7. The molecule has 6 rings (SSSR count). The van der Waals surface area contributed by atoms with Gasteiger partial charge in [0.15, 0.2) is 0 Å². The van der Waals surface area contributed by atoms with Crippen LogP contribution in [0.5, 0.6) is 0 Å². The first-order valence-electron chi connectivity index (χ1n) is 10.9. The van der Waals surface area contributed by atoms with Gasteiger partial charge in [0.05, 0.1) is 23.2 Å². The Morgan fingerprint density at radius 3 is 2.22 bits per heavy atom. The number of imide groups is 1. The maximum Gasteiger partial charge on any atom is 0.239 e. The summed E-state index contributed by atoms with van der Waals surface area (Å²) in [5, 5.41) is 1.10. The minimum Gasteiger partial charge on any atom is -0.354 e. The first kappa shape index (κ1) is 19.0. The van der Waals surface area contributed by atoms with Gasteiger partial charge in [-0.15, -0.1) is 0 Å². The highest BCUT2D eigenvalue weighted by molar-refractivity contribution is 6.22. The Hall–Kier alpha value is -3.70. The molecule has 4 aromatic rings. The molecule has 3 atom stereocenters. The first-order valence-corrected chi connectivity index (χ1v) is 10.9. The van der Waals surface area contributed by atoms with E-state index in [1.807, 2.05) is 67.7 Å². The van der Waals surface area contributed by atoms with E-state index in [2.05, 4.69) is 34.1 Å². The van der Waals surface area contributed by atoms with Crippen LogP contribution in [0, 0.1) is 11.8 Å². The molecule has 32 heavy (non-hydrogen) atoms. The number of benzene rings is 3. The van der Waals surface area contributed by atoms with Crippen LogP contribution in [-0.2, 0) is 9.59 Å². The van der Waals surface area contributed by atoms with Gasteiger partial charge in [0, 0.05) is 29.1 Å². The highest BCUT2D eigenvalue weighted by Gasteiger charge is 2.58. The fourth-order valence-electron chi connectivity index (χ4n) is 5.53. The number of hydrogen-bond acceptors (Lipinski definition) is 3. The number of hydrogen-bond donors (Lipinski definition) is 1. The third-order valence-electron chi connectivity index (χ3n) is 6.90. The third-order valence-corrected chi connectivity index (χ3v) is 6.90. The van der Waals surface area contributed by atoms with Gasteiger partial charge in [-0.1, -0.05) is 66.7 Å². The van der Waals surface area contributed by atoms with Gasteiger partial charge in [-0.25, -0.2) is 4.90 Å². The minimum atomic E-state index is -0.408. The van der Waals surface area contributed by atoms with E-state index >= 15 is 0 Å². The zero-order valence-electron chi connectivity index (χ0n) is 17.7. The van der Waals surface area contributed by atoms with Gasteiger partial charge in [0.1, 0.15) is 0 Å². The van der Waals surface area contributed by atoms with E-state index in [0.717, 1.165) is 27.7 Å². The lowest BCUT2D eigenvalue weighted by Gasteiger charge is -2.26. The van der Waals surface area contributed by atoms with Gasteiger partial charge in [-0.3, -0.25) is 14.5 Å². The van der Waals surface area contributed by atoms with E-state index in [0.29, 0.717) is 12.2 Å². The van der Waals surface area contributed by atoms with Crippen LogP contribution in [0.15, 0.2) is 84.9 Å². The van der Waals surface area contributed by atoms with Crippen LogP contribution in [0.2, 0.25) is 0 Å². The van der Waals surface area contributed by atoms with Crippen molar-refractivity contribution in [2.75, 3.05) is 18.5 Å². The Morgan fingerprint density at radius 2 is 1.47 bits per heavy atom. The Bertz CT molecular complexity index is 1330. The SMILES string of the molecule is CN1C[C@H]2C(=O)N(c3ccccc3)C(=O)[C@H]2[C@H]1c1c(-c2ccccc2)[nH]c2ccccc12. The van der Waals surface area contributed by atoms with Crippen molar-refractivity contribution >= 4 is 28.4 Å². The topological polar surface area (TPSA) is 56.4 Å². The summed E-state index contributed by atoms with van der Waals surface area (Å²) in [6.07, 6.45) is 0. The van der Waals surface area contributed by atoms with Crippen molar-refractivity contribution in [2.24, 2.45) is 11.8 Å². The molecule has 0 radical (unpaired) electrons. The second-order valence-electron chi connectivity index (χ2n) is 8.69. The van der Waals surface area contributed by atoms with Crippen molar-refractivity contribution in [3.8, 4) is 11.3 Å². The number of amides is 2. The molecule has 1 N–H and O–H groups in total. The molecule has 2 amide bonds. The number of fused-ring (bicyclic) bond motifs is 2. The number of aromatic nitrogens is 1. The van der Waals surface area contributed by atoms with Crippen molar-refractivity contribution in [2.45, 2.75) is 6.04 Å². The lowest BCUT2D eigenvalue weighted by atomic mass is 9.86. The standard InChI is InChI=1S/C27H23N3O2/c1-29-16-20-23(27(32)30(26(20)31)18-12-6-3-7-13-18)25(29)22-19-14-8-9-15-21(19)28-24(22)17-10-4-2-5-11-17/h2-15,20,23,25,28H,16H2,1H3/t20-,23-,25-/m1/s1. The number of H-pyrrole nitrogens is 1. The number of carbonyl (C=O) groups is 2. The minimum absolute atomic E-state index is 0.0957. The molecule has 0 bridgehead atoms. The summed E-state index contributed by atoms with van der Waals surface area (Å²) in [6, 6.07) is 27.5. The fourth-order valence-corrected chi connectivity index (χ4v) is 5.53. The zero-order chi connectivity index (χ0) is 21.8.